The molecular weight excluding hydrogens is 1390 g/mol. The molecule has 0 radical (unpaired) electrons. The quantitative estimate of drug-likeness (QED) is 0.0558. The van der Waals surface area contributed by atoms with Crippen LogP contribution < -0.4 is 0 Å². The maximum Gasteiger partial charge on any atom is 0.102 e. The van der Waals surface area contributed by atoms with E-state index >= 15 is 0 Å². The Bertz CT molecular complexity index is 1890. The lowest BCUT2D eigenvalue weighted by molar-refractivity contribution is -0.927. The van der Waals surface area contributed by atoms with Gasteiger partial charge in [-0.25, -0.2) is 0 Å². The minimum Gasteiger partial charge on any atom is -0.373 e. The van der Waals surface area contributed by atoms with Gasteiger partial charge in [0.2, 0.25) is 0 Å². The topological polar surface area (TPSA) is 73.8 Å². The molecule has 0 amide bonds. The first-order valence-electron chi connectivity index (χ1n) is 47.3. The van der Waals surface area contributed by atoms with E-state index in [1.807, 2.05) is 0 Å². The van der Waals surface area contributed by atoms with Crippen molar-refractivity contribution in [2.24, 2.45) is 0 Å². The van der Waals surface area contributed by atoms with Crippen molar-refractivity contribution >= 4 is 0 Å². The lowest BCUT2D eigenvalue weighted by Gasteiger charge is -2.38. The zero-order valence-electron chi connectivity index (χ0n) is 86.3. The summed E-state index contributed by atoms with van der Waals surface area (Å²) in [5.74, 6) is 0. The largest absolute Gasteiger partial charge is 0.373 e. The molecule has 16 nitrogen and oxygen atoms in total. The molecule has 0 aliphatic rings. The Hall–Kier alpha value is -0.640. The van der Waals surface area contributed by atoms with Gasteiger partial charge in [0, 0.05) is 0 Å². The van der Waals surface area contributed by atoms with Crippen molar-refractivity contribution in [3.05, 3.63) is 0 Å². The van der Waals surface area contributed by atoms with Crippen molar-refractivity contribution in [3.8, 4) is 0 Å². The Morgan fingerprint density at radius 3 is 0.500 bits per heavy atom. The number of nitrogens with zero attached hydrogens (tertiary/aromatic N) is 8. The van der Waals surface area contributed by atoms with Gasteiger partial charge in [-0.15, -0.1) is 0 Å². The number of quaternary nitrogens is 8. The zero-order chi connectivity index (χ0) is 89.1. The Morgan fingerprint density at radius 1 is 0.188 bits per heavy atom. The van der Waals surface area contributed by atoms with Crippen LogP contribution in [0.25, 0.3) is 0 Å². The van der Waals surface area contributed by atoms with Crippen molar-refractivity contribution in [1.82, 2.24) is 0 Å². The Morgan fingerprint density at radius 2 is 0.339 bits per heavy atom. The van der Waals surface area contributed by atoms with Gasteiger partial charge >= 0.3 is 0 Å². The molecule has 16 heteroatoms. The second kappa shape index (κ2) is 72.0. The summed E-state index contributed by atoms with van der Waals surface area (Å²) in [7, 11) is 13.0. The molecule has 688 valence electrons. The first-order chi connectivity index (χ1) is 51.6. The van der Waals surface area contributed by atoms with E-state index in [2.05, 4.69) is 305 Å². The van der Waals surface area contributed by atoms with E-state index in [1.165, 1.54) is 229 Å². The molecule has 0 saturated heterocycles. The average Bonchev–Trinajstić information content (AvgIpc) is 0.496. The van der Waals surface area contributed by atoms with Crippen LogP contribution in [0.4, 0.5) is 0 Å². The maximum atomic E-state index is 5.90. The van der Waals surface area contributed by atoms with Gasteiger partial charge in [0.25, 0.3) is 0 Å². The third kappa shape index (κ3) is 84.4. The van der Waals surface area contributed by atoms with Crippen LogP contribution in [-0.4, -0.2) is 348 Å². The molecule has 0 saturated carbocycles. The molecule has 112 heavy (non-hydrogen) atoms. The summed E-state index contributed by atoms with van der Waals surface area (Å²) in [4.78, 5) is 0. The van der Waals surface area contributed by atoms with E-state index in [0.29, 0.717) is 24.4 Å². The monoisotopic (exact) mass is 1620 g/mol. The molecule has 0 aliphatic carbocycles. The van der Waals surface area contributed by atoms with Gasteiger partial charge in [0.05, 0.1) is 260 Å². The molecule has 0 N–H and O–H groups in total. The molecule has 0 aromatic carbocycles. The summed E-state index contributed by atoms with van der Waals surface area (Å²) in [5, 5.41) is 0. The first-order valence-corrected chi connectivity index (χ1v) is 47.3. The maximum absolute atomic E-state index is 5.90. The molecule has 0 spiro atoms. The molecule has 2 unspecified atom stereocenters. The molecule has 0 aliphatic heterocycles. The zero-order valence-corrected chi connectivity index (χ0v) is 86.3. The minimum atomic E-state index is 0.000369. The smallest absolute Gasteiger partial charge is 0.102 e. The molecule has 0 aromatic rings. The fourth-order valence-electron chi connectivity index (χ4n) is 13.6. The third-order valence-electron chi connectivity index (χ3n) is 21.7. The van der Waals surface area contributed by atoms with Crippen LogP contribution in [0.3, 0.4) is 0 Å². The predicted octanol–water partition coefficient (Wildman–Crippen LogP) is 21.4. The highest BCUT2D eigenvalue weighted by atomic mass is 16.5. The summed E-state index contributed by atoms with van der Waals surface area (Å²) in [6, 6.07) is 0. The van der Waals surface area contributed by atoms with Crippen molar-refractivity contribution in [3.63, 3.8) is 0 Å². The van der Waals surface area contributed by atoms with E-state index in [0.717, 1.165) is 94.5 Å². The molecular formula is C96H224N8O8+8. The highest BCUT2D eigenvalue weighted by molar-refractivity contribution is 4.62. The number of hydrogen-bond acceptors (Lipinski definition) is 8. The van der Waals surface area contributed by atoms with Gasteiger partial charge < -0.3 is 73.8 Å². The number of hydrogen-bond donors (Lipinski definition) is 0. The number of ether oxygens (including phenoxy) is 8. The second-order valence-electron chi connectivity index (χ2n) is 39.6. The standard InChI is InChI=1S/C15H34NO.2C14H32NO.C13H30NO.C12H28NO.C11H26NO.C9H22NO.C8H20NO/c1-7-10-12-16(9-3,11-8-2)13-14-17-15(4,5)6;1-7-10-15(9-3,11-8-2)12-13-16-14(4,5)6;1-6-9-11-15(8-3,10-7-2)12-13-16-14(4)5;1-6-9-14(8-3,10-7-2)11-12-15-13(4)5;1-7-13(8-2,9-3)10-11-14-12(4,5)6;1-6-12(7-2,8-3)9-10-13-11(4)5;1-9(2,3)11-8-7-10(4,5)6;1-8(2)10-7-6-9(3,4)5/h7-14H2,1-6H3;7-13H2,1-6H3;14H,6-13H2,1-5H3;13H,6-12H2,1-5H3;7-11H2,1-6H3;11H,6-10H2,1-5H3;7-8H2,1-6H3;8H,6-7H2,1-5H3/q8*+1. The third-order valence-corrected chi connectivity index (χ3v) is 21.7. The summed E-state index contributed by atoms with van der Waals surface area (Å²) in [6.07, 6.45) is 14.4. The van der Waals surface area contributed by atoms with Gasteiger partial charge in [-0.2, -0.15) is 0 Å². The summed E-state index contributed by atoms with van der Waals surface area (Å²) < 4.78 is 54.8. The molecule has 0 aromatic heterocycles. The van der Waals surface area contributed by atoms with Gasteiger partial charge in [-0.1, -0.05) is 68.2 Å². The fraction of sp³-hybridized carbons (Fsp3) is 1.00. The van der Waals surface area contributed by atoms with Crippen LogP contribution in [0.2, 0.25) is 0 Å². The number of likely N-dealkylation sites (N-methyl/N-ethyl adjacent to an activating group) is 8. The van der Waals surface area contributed by atoms with E-state index < -0.39 is 0 Å². The Balaban J connectivity index is -0.000000185. The fourth-order valence-corrected chi connectivity index (χ4v) is 13.6. The van der Waals surface area contributed by atoms with E-state index in [1.54, 1.807) is 0 Å². The molecule has 0 heterocycles. The highest BCUT2D eigenvalue weighted by Gasteiger charge is 2.29. The van der Waals surface area contributed by atoms with E-state index in [-0.39, 0.29) is 22.4 Å². The van der Waals surface area contributed by atoms with Crippen LogP contribution >= 0.6 is 0 Å². The lowest BCUT2D eigenvalue weighted by Crippen LogP contribution is -2.51. The van der Waals surface area contributed by atoms with Crippen molar-refractivity contribution in [2.75, 3.05) is 265 Å². The lowest BCUT2D eigenvalue weighted by atomic mass is 10.2. The molecule has 2 atom stereocenters. The van der Waals surface area contributed by atoms with Crippen LogP contribution in [0, 0.1) is 0 Å². The van der Waals surface area contributed by atoms with E-state index in [9.17, 15) is 0 Å². The first kappa shape index (κ1) is 127. The normalized spacial score (nSPS) is 13.7. The van der Waals surface area contributed by atoms with Gasteiger partial charge in [0.15, 0.2) is 0 Å². The van der Waals surface area contributed by atoms with Crippen LogP contribution in [0.5, 0.6) is 0 Å². The van der Waals surface area contributed by atoms with Gasteiger partial charge in [-0.05, 0) is 259 Å². The van der Waals surface area contributed by atoms with Crippen molar-refractivity contribution < 1.29 is 73.8 Å². The molecule has 0 rings (SSSR count). The number of rotatable bonds is 56. The summed E-state index contributed by atoms with van der Waals surface area (Å²) in [6.45, 7) is 122. The Kier molecular flexibility index (Phi) is 81.7. The minimum absolute atomic E-state index is 0.000369. The van der Waals surface area contributed by atoms with Crippen LogP contribution in [-0.2, 0) is 37.9 Å². The number of unbranched alkanes of at least 4 members (excludes halogenated alkanes) is 2. The Labute approximate surface area is 709 Å². The van der Waals surface area contributed by atoms with Gasteiger partial charge in [0.1, 0.15) is 52.4 Å². The van der Waals surface area contributed by atoms with Crippen LogP contribution in [0.15, 0.2) is 0 Å². The predicted molar refractivity (Wildman–Crippen MR) is 500 cm³/mol. The summed E-state index contributed by atoms with van der Waals surface area (Å²) >= 11 is 0. The van der Waals surface area contributed by atoms with Gasteiger partial charge in [-0.3, -0.25) is 0 Å². The summed E-state index contributed by atoms with van der Waals surface area (Å²) in [5.41, 5.74) is 0.0161. The average molecular weight is 1620 g/mol. The van der Waals surface area contributed by atoms with Crippen molar-refractivity contribution in [1.29, 1.82) is 0 Å². The van der Waals surface area contributed by atoms with Crippen LogP contribution in [0.1, 0.15) is 327 Å². The SMILES string of the molecule is CC(C)(C)OCC[N+](C)(C)C.CC(C)OCC[N+](C)(C)C.CCCC[N+](CC)(CCC)CCOC(C)(C)C.CCCC[N+](CC)(CCC)CCOC(C)C.CCC[N+](CC)(CCC)CCOC(C)(C)C.CCC[N+](CC)(CCC)CCOC(C)C.CC[N+](CC)(CC)CCOC(C)(C)C.CC[N+](CC)(CC)CCOC(C)C. The van der Waals surface area contributed by atoms with E-state index in [4.69, 9.17) is 37.9 Å². The molecule has 0 bridgehead atoms. The molecule has 0 fully saturated rings. The highest BCUT2D eigenvalue weighted by Crippen LogP contribution is 2.18. The van der Waals surface area contributed by atoms with Crippen molar-refractivity contribution in [2.45, 2.75) is 374 Å². The second-order valence-corrected chi connectivity index (χ2v) is 39.6.